The van der Waals surface area contributed by atoms with E-state index in [4.69, 9.17) is 0 Å². The molecule has 0 aromatic heterocycles. The van der Waals surface area contributed by atoms with E-state index in [1.807, 2.05) is 24.3 Å². The molecule has 0 bridgehead atoms. The second kappa shape index (κ2) is 29.7. The van der Waals surface area contributed by atoms with E-state index in [1.165, 1.54) is 12.8 Å². The van der Waals surface area contributed by atoms with Crippen LogP contribution in [0.4, 0.5) is 0 Å². The number of hydrogen-bond donors (Lipinski definition) is 0. The van der Waals surface area contributed by atoms with Gasteiger partial charge < -0.3 is 0 Å². The first kappa shape index (κ1) is 18.7. The van der Waals surface area contributed by atoms with Gasteiger partial charge in [-0.2, -0.15) is 0 Å². The van der Waals surface area contributed by atoms with E-state index in [0.717, 1.165) is 12.8 Å². The summed E-state index contributed by atoms with van der Waals surface area (Å²) in [4.78, 5) is 0. The van der Waals surface area contributed by atoms with Crippen molar-refractivity contribution < 1.29 is 0 Å². The summed E-state index contributed by atoms with van der Waals surface area (Å²) in [5.41, 5.74) is 0. The van der Waals surface area contributed by atoms with Gasteiger partial charge in [-0.1, -0.05) is 51.0 Å². The highest BCUT2D eigenvalue weighted by Crippen LogP contribution is 1.76. The molecule has 0 aliphatic rings. The molecule has 0 aliphatic heterocycles. The maximum atomic E-state index is 3.48. The Morgan fingerprint density at radius 3 is 0.857 bits per heavy atom. The minimum Gasteiger partial charge on any atom is -0.103 e. The Kier molecular flexibility index (Phi) is 39.6. The van der Waals surface area contributed by atoms with Crippen molar-refractivity contribution >= 4 is 0 Å². The molecule has 0 saturated carbocycles. The summed E-state index contributed by atoms with van der Waals surface area (Å²) in [7, 11) is 0. The molecular weight excluding hydrogens is 168 g/mol. The van der Waals surface area contributed by atoms with Gasteiger partial charge in [0.15, 0.2) is 0 Å². The molecule has 0 unspecified atom stereocenters. The maximum absolute atomic E-state index is 3.48. The smallest absolute Gasteiger partial charge is 0.0175 e. The van der Waals surface area contributed by atoms with Crippen LogP contribution in [0.25, 0.3) is 0 Å². The van der Waals surface area contributed by atoms with Crippen LogP contribution >= 0.6 is 0 Å². The molecule has 0 aliphatic carbocycles. The first-order chi connectivity index (χ1) is 6.74. The van der Waals surface area contributed by atoms with Crippen LogP contribution < -0.4 is 0 Å². The van der Waals surface area contributed by atoms with E-state index in [-0.39, 0.29) is 0 Å². The lowest BCUT2D eigenvalue weighted by Crippen LogP contribution is -1.47. The molecule has 0 heterocycles. The highest BCUT2D eigenvalue weighted by atomic mass is 13.6. The molecular formula is C14H26. The van der Waals surface area contributed by atoms with Gasteiger partial charge in [-0.05, 0) is 12.8 Å². The van der Waals surface area contributed by atoms with Crippen LogP contribution in [0.5, 0.6) is 0 Å². The Balaban J connectivity index is -0.000000131. The second-order valence-corrected chi connectivity index (χ2v) is 2.63. The Hall–Kier alpha value is -1.04. The minimum absolute atomic E-state index is 0.917. The van der Waals surface area contributed by atoms with Crippen LogP contribution in [0, 0.1) is 0 Å². The van der Waals surface area contributed by atoms with Gasteiger partial charge in [0.25, 0.3) is 0 Å². The van der Waals surface area contributed by atoms with Crippen molar-refractivity contribution in [1.29, 1.82) is 0 Å². The van der Waals surface area contributed by atoms with Crippen LogP contribution in [0.15, 0.2) is 50.6 Å². The summed E-state index contributed by atoms with van der Waals surface area (Å²) in [5.74, 6) is 0. The average molecular weight is 194 g/mol. The van der Waals surface area contributed by atoms with Crippen LogP contribution in [0.3, 0.4) is 0 Å². The van der Waals surface area contributed by atoms with Crippen molar-refractivity contribution in [1.82, 2.24) is 0 Å². The topological polar surface area (TPSA) is 0 Å². The Labute approximate surface area is 90.7 Å². The minimum atomic E-state index is 0.917. The summed E-state index contributed by atoms with van der Waals surface area (Å²) in [6.07, 6.45) is 11.7. The first-order valence-corrected chi connectivity index (χ1v) is 5.18. The van der Waals surface area contributed by atoms with Crippen LogP contribution in [0.1, 0.15) is 39.5 Å². The normalized spacial score (nSPS) is 6.71. The average Bonchev–Trinajstić information content (AvgIpc) is 2.22. The summed E-state index contributed by atoms with van der Waals surface area (Å²) in [6, 6.07) is 0. The summed E-state index contributed by atoms with van der Waals surface area (Å²) >= 11 is 0. The van der Waals surface area contributed by atoms with Crippen LogP contribution in [0.2, 0.25) is 0 Å². The lowest BCUT2D eigenvalue weighted by molar-refractivity contribution is 0.886. The molecule has 14 heavy (non-hydrogen) atoms. The number of allylic oxidation sites excluding steroid dienone is 4. The van der Waals surface area contributed by atoms with Crippen molar-refractivity contribution in [3.63, 3.8) is 0 Å². The highest BCUT2D eigenvalue weighted by Gasteiger charge is 1.56. The Morgan fingerprint density at radius 2 is 0.857 bits per heavy atom. The molecule has 0 N–H and O–H groups in total. The molecule has 82 valence electrons. The molecule has 0 amide bonds. The zero-order valence-corrected chi connectivity index (χ0v) is 9.97. The monoisotopic (exact) mass is 194 g/mol. The third kappa shape index (κ3) is 69.3. The van der Waals surface area contributed by atoms with Gasteiger partial charge in [0, 0.05) is 0 Å². The highest BCUT2D eigenvalue weighted by molar-refractivity contribution is 4.79. The second-order valence-electron chi connectivity index (χ2n) is 2.63. The molecule has 0 rings (SSSR count). The molecule has 0 aromatic rings. The zero-order chi connectivity index (χ0) is 11.7. The van der Waals surface area contributed by atoms with Gasteiger partial charge >= 0.3 is 0 Å². The largest absolute Gasteiger partial charge is 0.103 e. The molecule has 0 nitrogen and oxygen atoms in total. The van der Waals surface area contributed by atoms with E-state index in [1.54, 1.807) is 0 Å². The summed E-state index contributed by atoms with van der Waals surface area (Å²) in [5, 5.41) is 0. The molecule has 0 saturated heterocycles. The fourth-order valence-corrected chi connectivity index (χ4v) is 0.236. The third-order valence-corrected chi connectivity index (χ3v) is 1.17. The van der Waals surface area contributed by atoms with Crippen LogP contribution in [-0.4, -0.2) is 0 Å². The van der Waals surface area contributed by atoms with Gasteiger partial charge in [0.2, 0.25) is 0 Å². The van der Waals surface area contributed by atoms with Gasteiger partial charge in [0.05, 0.1) is 0 Å². The van der Waals surface area contributed by atoms with Crippen LogP contribution in [-0.2, 0) is 0 Å². The summed E-state index contributed by atoms with van der Waals surface area (Å²) in [6.45, 7) is 18.3. The molecule has 0 spiro atoms. The van der Waals surface area contributed by atoms with Gasteiger partial charge in [-0.25, -0.2) is 0 Å². The van der Waals surface area contributed by atoms with Crippen molar-refractivity contribution in [2.24, 2.45) is 0 Å². The molecule has 0 aromatic carbocycles. The fourth-order valence-electron chi connectivity index (χ4n) is 0.236. The van der Waals surface area contributed by atoms with Crippen molar-refractivity contribution in [3.8, 4) is 0 Å². The Morgan fingerprint density at radius 1 is 0.643 bits per heavy atom. The van der Waals surface area contributed by atoms with E-state index in [9.17, 15) is 0 Å². The summed E-state index contributed by atoms with van der Waals surface area (Å²) < 4.78 is 0. The van der Waals surface area contributed by atoms with Crippen molar-refractivity contribution in [3.05, 3.63) is 50.6 Å². The SMILES string of the molecule is C=CCC=C.C=CCC=C.CCCC. The number of hydrogen-bond acceptors (Lipinski definition) is 0. The van der Waals surface area contributed by atoms with Gasteiger partial charge in [-0.15, -0.1) is 26.3 Å². The molecule has 0 atom stereocenters. The van der Waals surface area contributed by atoms with Gasteiger partial charge in [-0.3, -0.25) is 0 Å². The third-order valence-electron chi connectivity index (χ3n) is 1.17. The predicted molar refractivity (Wildman–Crippen MR) is 70.6 cm³/mol. The number of unbranched alkanes of at least 4 members (excludes halogenated alkanes) is 1. The molecule has 0 heteroatoms. The van der Waals surface area contributed by atoms with E-state index >= 15 is 0 Å². The molecule has 0 fully saturated rings. The van der Waals surface area contributed by atoms with Crippen molar-refractivity contribution in [2.45, 2.75) is 39.5 Å². The maximum Gasteiger partial charge on any atom is -0.0175 e. The van der Waals surface area contributed by atoms with Gasteiger partial charge in [0.1, 0.15) is 0 Å². The first-order valence-electron chi connectivity index (χ1n) is 5.18. The van der Waals surface area contributed by atoms with Crippen molar-refractivity contribution in [2.75, 3.05) is 0 Å². The standard InChI is InChI=1S/2C5H8.C4H10/c2*1-3-5-4-2;1-3-4-2/h2*3-4H,1-2,5H2;3-4H2,1-2H3. The predicted octanol–water partition coefficient (Wildman–Crippen LogP) is 5.30. The van der Waals surface area contributed by atoms with E-state index in [0.29, 0.717) is 0 Å². The lowest BCUT2D eigenvalue weighted by atomic mass is 10.4. The lowest BCUT2D eigenvalue weighted by Gasteiger charge is -1.68. The van der Waals surface area contributed by atoms with E-state index in [2.05, 4.69) is 40.2 Å². The fraction of sp³-hybridized carbons (Fsp3) is 0.429. The zero-order valence-electron chi connectivity index (χ0n) is 9.97. The molecule has 0 radical (unpaired) electrons. The number of rotatable bonds is 5. The van der Waals surface area contributed by atoms with E-state index < -0.39 is 0 Å². The quantitative estimate of drug-likeness (QED) is 0.521. The Bertz CT molecular complexity index is 92.0.